The minimum Gasteiger partial charge on any atom is -0.508 e. The molecule has 74 valence electrons. The van der Waals surface area contributed by atoms with Crippen molar-refractivity contribution in [2.24, 2.45) is 0 Å². The van der Waals surface area contributed by atoms with E-state index in [1.165, 1.54) is 0 Å². The van der Waals surface area contributed by atoms with Crippen molar-refractivity contribution in [3.05, 3.63) is 24.3 Å². The molecule has 0 aromatic heterocycles. The van der Waals surface area contributed by atoms with Gasteiger partial charge in [-0.3, -0.25) is 0 Å². The number of aromatic hydroxyl groups is 1. The number of rotatable bonds is 4. The van der Waals surface area contributed by atoms with Crippen LogP contribution in [0.15, 0.2) is 24.3 Å². The Balaban J connectivity index is 2.74. The second kappa shape index (κ2) is 5.13. The zero-order valence-electron chi connectivity index (χ0n) is 8.27. The highest BCUT2D eigenvalue weighted by molar-refractivity contribution is 5.50. The average Bonchev–Trinajstić information content (AvgIpc) is 2.19. The Morgan fingerprint density at radius 3 is 2.86 bits per heavy atom. The maximum atomic E-state index is 9.29. The Labute approximate surface area is 84.2 Å². The minimum atomic E-state index is 0.262. The number of phenols is 1. The number of anilines is 1. The summed E-state index contributed by atoms with van der Waals surface area (Å²) in [5.41, 5.74) is 0.961. The first-order valence-corrected chi connectivity index (χ1v) is 4.69. The fraction of sp³-hybridized carbons (Fsp3) is 0.364. The molecular weight excluding hydrogens is 176 g/mol. The molecule has 0 radical (unpaired) electrons. The van der Waals surface area contributed by atoms with Crippen LogP contribution in [0.5, 0.6) is 5.75 Å². The van der Waals surface area contributed by atoms with Crippen LogP contribution in [0.3, 0.4) is 0 Å². The van der Waals surface area contributed by atoms with Gasteiger partial charge >= 0.3 is 0 Å². The van der Waals surface area contributed by atoms with E-state index >= 15 is 0 Å². The smallest absolute Gasteiger partial charge is 0.117 e. The van der Waals surface area contributed by atoms with Gasteiger partial charge < -0.3 is 10.0 Å². The van der Waals surface area contributed by atoms with Crippen molar-refractivity contribution in [3.8, 4) is 11.8 Å². The molecular formula is C11H14N2O. The molecule has 0 unspecified atom stereocenters. The number of benzene rings is 1. The van der Waals surface area contributed by atoms with Crippen molar-refractivity contribution >= 4 is 5.69 Å². The Morgan fingerprint density at radius 1 is 1.50 bits per heavy atom. The summed E-state index contributed by atoms with van der Waals surface area (Å²) in [6.45, 7) is 3.57. The van der Waals surface area contributed by atoms with Crippen LogP contribution in [0.1, 0.15) is 13.3 Å². The van der Waals surface area contributed by atoms with Crippen LogP contribution in [0.2, 0.25) is 0 Å². The molecule has 3 nitrogen and oxygen atoms in total. The lowest BCUT2D eigenvalue weighted by Crippen LogP contribution is -2.23. The molecule has 0 saturated carbocycles. The van der Waals surface area contributed by atoms with E-state index in [-0.39, 0.29) is 5.75 Å². The molecule has 0 aliphatic rings. The summed E-state index contributed by atoms with van der Waals surface area (Å²) in [5, 5.41) is 17.8. The van der Waals surface area contributed by atoms with Gasteiger partial charge in [-0.25, -0.2) is 0 Å². The van der Waals surface area contributed by atoms with Gasteiger partial charge in [-0.15, -0.1) is 0 Å². The summed E-state index contributed by atoms with van der Waals surface area (Å²) in [6, 6.07) is 9.20. The second-order valence-corrected chi connectivity index (χ2v) is 3.01. The Bertz CT molecular complexity index is 330. The fourth-order valence-corrected chi connectivity index (χ4v) is 1.34. The molecule has 3 heteroatoms. The highest BCUT2D eigenvalue weighted by atomic mass is 16.3. The molecule has 0 aliphatic heterocycles. The largest absolute Gasteiger partial charge is 0.508 e. The Hall–Kier alpha value is -1.69. The van der Waals surface area contributed by atoms with E-state index in [4.69, 9.17) is 5.26 Å². The topological polar surface area (TPSA) is 47.3 Å². The number of nitriles is 1. The summed E-state index contributed by atoms with van der Waals surface area (Å²) in [6.07, 6.45) is 0.503. The van der Waals surface area contributed by atoms with E-state index < -0.39 is 0 Å². The normalized spacial score (nSPS) is 9.43. The van der Waals surface area contributed by atoms with Gasteiger partial charge in [-0.05, 0) is 19.1 Å². The van der Waals surface area contributed by atoms with Crippen molar-refractivity contribution in [2.75, 3.05) is 18.0 Å². The SMILES string of the molecule is CCN(CCC#N)c1cccc(O)c1. The second-order valence-electron chi connectivity index (χ2n) is 3.01. The van der Waals surface area contributed by atoms with Crippen LogP contribution in [0, 0.1) is 11.3 Å². The van der Waals surface area contributed by atoms with Gasteiger partial charge in [0.15, 0.2) is 0 Å². The molecule has 1 aromatic carbocycles. The van der Waals surface area contributed by atoms with Crippen LogP contribution in [0.25, 0.3) is 0 Å². The summed E-state index contributed by atoms with van der Waals surface area (Å²) in [5.74, 6) is 0.262. The third-order valence-electron chi connectivity index (χ3n) is 2.07. The van der Waals surface area contributed by atoms with Gasteiger partial charge in [0.05, 0.1) is 12.5 Å². The third kappa shape index (κ3) is 2.67. The first-order chi connectivity index (χ1) is 6.77. The van der Waals surface area contributed by atoms with Crippen molar-refractivity contribution in [1.82, 2.24) is 0 Å². The summed E-state index contributed by atoms with van der Waals surface area (Å²) in [4.78, 5) is 2.06. The van der Waals surface area contributed by atoms with E-state index in [2.05, 4.69) is 11.0 Å². The van der Waals surface area contributed by atoms with Crippen molar-refractivity contribution in [2.45, 2.75) is 13.3 Å². The molecule has 0 aliphatic carbocycles. The molecule has 1 N–H and O–H groups in total. The zero-order valence-corrected chi connectivity index (χ0v) is 8.27. The molecule has 1 rings (SSSR count). The fourth-order valence-electron chi connectivity index (χ4n) is 1.34. The van der Waals surface area contributed by atoms with E-state index in [0.717, 1.165) is 12.2 Å². The first kappa shape index (κ1) is 10.4. The van der Waals surface area contributed by atoms with E-state index in [0.29, 0.717) is 13.0 Å². The zero-order chi connectivity index (χ0) is 10.4. The third-order valence-corrected chi connectivity index (χ3v) is 2.07. The number of hydrogen-bond donors (Lipinski definition) is 1. The maximum Gasteiger partial charge on any atom is 0.117 e. The first-order valence-electron chi connectivity index (χ1n) is 4.69. The van der Waals surface area contributed by atoms with Crippen molar-refractivity contribution in [1.29, 1.82) is 5.26 Å². The van der Waals surface area contributed by atoms with Crippen LogP contribution >= 0.6 is 0 Å². The molecule has 0 bridgehead atoms. The maximum absolute atomic E-state index is 9.29. The van der Waals surface area contributed by atoms with Crippen LogP contribution in [-0.2, 0) is 0 Å². The molecule has 0 spiro atoms. The van der Waals surface area contributed by atoms with E-state index in [1.54, 1.807) is 18.2 Å². The lowest BCUT2D eigenvalue weighted by Gasteiger charge is -2.21. The van der Waals surface area contributed by atoms with Crippen molar-refractivity contribution < 1.29 is 5.11 Å². The quantitative estimate of drug-likeness (QED) is 0.791. The van der Waals surface area contributed by atoms with Crippen LogP contribution in [-0.4, -0.2) is 18.2 Å². The summed E-state index contributed by atoms with van der Waals surface area (Å²) >= 11 is 0. The van der Waals surface area contributed by atoms with Gasteiger partial charge in [0.1, 0.15) is 5.75 Å². The number of phenolic OH excluding ortho intramolecular Hbond substituents is 1. The van der Waals surface area contributed by atoms with Crippen LogP contribution < -0.4 is 4.90 Å². The van der Waals surface area contributed by atoms with Gasteiger partial charge in [-0.1, -0.05) is 6.07 Å². The van der Waals surface area contributed by atoms with Gasteiger partial charge in [-0.2, -0.15) is 5.26 Å². The lowest BCUT2D eigenvalue weighted by atomic mass is 10.2. The predicted molar refractivity (Wildman–Crippen MR) is 56.2 cm³/mol. The molecule has 0 heterocycles. The lowest BCUT2D eigenvalue weighted by molar-refractivity contribution is 0.475. The predicted octanol–water partition coefficient (Wildman–Crippen LogP) is 2.13. The van der Waals surface area contributed by atoms with E-state index in [9.17, 15) is 5.11 Å². The monoisotopic (exact) mass is 190 g/mol. The van der Waals surface area contributed by atoms with Crippen LogP contribution in [0.4, 0.5) is 5.69 Å². The average molecular weight is 190 g/mol. The molecule has 0 saturated heterocycles. The number of nitrogens with zero attached hydrogens (tertiary/aromatic N) is 2. The van der Waals surface area contributed by atoms with Gasteiger partial charge in [0.2, 0.25) is 0 Å². The van der Waals surface area contributed by atoms with Gasteiger partial charge in [0, 0.05) is 24.8 Å². The molecule has 0 atom stereocenters. The highest BCUT2D eigenvalue weighted by Crippen LogP contribution is 2.19. The highest BCUT2D eigenvalue weighted by Gasteiger charge is 2.03. The van der Waals surface area contributed by atoms with E-state index in [1.807, 2.05) is 13.0 Å². The number of hydrogen-bond acceptors (Lipinski definition) is 3. The summed E-state index contributed by atoms with van der Waals surface area (Å²) in [7, 11) is 0. The Kier molecular flexibility index (Phi) is 3.81. The molecule has 0 amide bonds. The molecule has 14 heavy (non-hydrogen) atoms. The van der Waals surface area contributed by atoms with Gasteiger partial charge in [0.25, 0.3) is 0 Å². The Morgan fingerprint density at radius 2 is 2.29 bits per heavy atom. The summed E-state index contributed by atoms with van der Waals surface area (Å²) < 4.78 is 0. The molecule has 1 aromatic rings. The standard InChI is InChI=1S/C11H14N2O/c1-2-13(8-4-7-12)10-5-3-6-11(14)9-10/h3,5-6,9,14H,2,4,8H2,1H3. The minimum absolute atomic E-state index is 0.262. The molecule has 0 fully saturated rings. The van der Waals surface area contributed by atoms with Crippen molar-refractivity contribution in [3.63, 3.8) is 0 Å².